The second-order valence-corrected chi connectivity index (χ2v) is 6.59. The zero-order valence-corrected chi connectivity index (χ0v) is 15.8. The molecule has 9 nitrogen and oxygen atoms in total. The van der Waals surface area contributed by atoms with E-state index < -0.39 is 6.10 Å². The molecule has 1 aliphatic heterocycles. The maximum absolute atomic E-state index is 12.9. The van der Waals surface area contributed by atoms with Crippen LogP contribution in [0.25, 0.3) is 11.7 Å². The Morgan fingerprint density at radius 3 is 2.86 bits per heavy atom. The van der Waals surface area contributed by atoms with Crippen LogP contribution in [0.3, 0.4) is 0 Å². The molecule has 3 aromatic rings. The van der Waals surface area contributed by atoms with E-state index in [1.807, 2.05) is 13.0 Å². The van der Waals surface area contributed by atoms with E-state index >= 15 is 0 Å². The number of benzene rings is 1. The highest BCUT2D eigenvalue weighted by molar-refractivity contribution is 5.99. The number of hydrogen-bond acceptors (Lipinski definition) is 7. The molecule has 0 unspecified atom stereocenters. The SMILES string of the molecule is CCCN(Cc1nnc(-c2ccco2)o1)C(=O)C[C@H]1Oc2ccccc2NC1=O. The van der Waals surface area contributed by atoms with Crippen molar-refractivity contribution in [1.82, 2.24) is 15.1 Å². The molecule has 0 radical (unpaired) electrons. The van der Waals surface area contributed by atoms with Gasteiger partial charge in [-0.15, -0.1) is 10.2 Å². The average Bonchev–Trinajstić information content (AvgIpc) is 3.40. The van der Waals surface area contributed by atoms with Crippen molar-refractivity contribution in [2.75, 3.05) is 11.9 Å². The van der Waals surface area contributed by atoms with E-state index in [4.69, 9.17) is 13.6 Å². The molecule has 0 bridgehead atoms. The summed E-state index contributed by atoms with van der Waals surface area (Å²) in [5.41, 5.74) is 0.600. The fourth-order valence-electron chi connectivity index (χ4n) is 3.06. The van der Waals surface area contributed by atoms with Crippen molar-refractivity contribution in [1.29, 1.82) is 0 Å². The summed E-state index contributed by atoms with van der Waals surface area (Å²) in [6, 6.07) is 10.6. The minimum absolute atomic E-state index is 0.0840. The largest absolute Gasteiger partial charge is 0.478 e. The predicted molar refractivity (Wildman–Crippen MR) is 102 cm³/mol. The molecule has 1 N–H and O–H groups in total. The highest BCUT2D eigenvalue weighted by atomic mass is 16.5. The van der Waals surface area contributed by atoms with Gasteiger partial charge in [-0.25, -0.2) is 0 Å². The standard InChI is InChI=1S/C20H20N4O5/c1-2-9-24(12-17-22-23-20(29-17)15-8-5-10-27-15)18(25)11-16-19(26)21-13-6-3-4-7-14(13)28-16/h3-8,10,16H,2,9,11-12H2,1H3,(H,21,26)/t16-/m1/s1. The molecule has 29 heavy (non-hydrogen) atoms. The summed E-state index contributed by atoms with van der Waals surface area (Å²) in [4.78, 5) is 26.7. The highest BCUT2D eigenvalue weighted by Gasteiger charge is 2.31. The topological polar surface area (TPSA) is 111 Å². The number of furan rings is 1. The first-order chi connectivity index (χ1) is 14.1. The molecule has 3 heterocycles. The lowest BCUT2D eigenvalue weighted by molar-refractivity contribution is -0.137. The molecule has 0 saturated heterocycles. The highest BCUT2D eigenvalue weighted by Crippen LogP contribution is 2.30. The summed E-state index contributed by atoms with van der Waals surface area (Å²) >= 11 is 0. The summed E-state index contributed by atoms with van der Waals surface area (Å²) < 4.78 is 16.6. The molecular formula is C20H20N4O5. The summed E-state index contributed by atoms with van der Waals surface area (Å²) in [5.74, 6) is 0.976. The van der Waals surface area contributed by atoms with Crippen LogP contribution in [0.1, 0.15) is 25.7 Å². The van der Waals surface area contributed by atoms with Gasteiger partial charge in [0, 0.05) is 6.54 Å². The maximum atomic E-state index is 12.9. The Labute approximate surface area is 166 Å². The van der Waals surface area contributed by atoms with Gasteiger partial charge in [0.05, 0.1) is 24.9 Å². The van der Waals surface area contributed by atoms with Crippen molar-refractivity contribution in [2.45, 2.75) is 32.4 Å². The molecule has 9 heteroatoms. The molecule has 0 aliphatic carbocycles. The molecule has 0 spiro atoms. The van der Waals surface area contributed by atoms with Crippen molar-refractivity contribution < 1.29 is 23.2 Å². The van der Waals surface area contributed by atoms with Crippen molar-refractivity contribution in [2.24, 2.45) is 0 Å². The van der Waals surface area contributed by atoms with Gasteiger partial charge in [-0.3, -0.25) is 9.59 Å². The smallest absolute Gasteiger partial charge is 0.283 e. The van der Waals surface area contributed by atoms with Crippen molar-refractivity contribution in [3.8, 4) is 17.4 Å². The van der Waals surface area contributed by atoms with E-state index in [9.17, 15) is 9.59 Å². The predicted octanol–water partition coefficient (Wildman–Crippen LogP) is 2.86. The second-order valence-electron chi connectivity index (χ2n) is 6.59. The lowest BCUT2D eigenvalue weighted by Gasteiger charge is -2.27. The van der Waals surface area contributed by atoms with E-state index in [0.29, 0.717) is 23.7 Å². The van der Waals surface area contributed by atoms with Crippen molar-refractivity contribution >= 4 is 17.5 Å². The number of carbonyl (C=O) groups excluding carboxylic acids is 2. The van der Waals surface area contributed by atoms with Gasteiger partial charge in [-0.2, -0.15) is 0 Å². The van der Waals surface area contributed by atoms with Crippen LogP contribution in [0.15, 0.2) is 51.5 Å². The Morgan fingerprint density at radius 2 is 2.07 bits per heavy atom. The Hall–Kier alpha value is -3.62. The number of anilines is 1. The third-order valence-electron chi connectivity index (χ3n) is 4.44. The average molecular weight is 396 g/mol. The number of nitrogens with one attached hydrogen (secondary N) is 1. The van der Waals surface area contributed by atoms with E-state index in [1.165, 1.54) is 6.26 Å². The van der Waals surface area contributed by atoms with Gasteiger partial charge in [0.25, 0.3) is 11.8 Å². The number of hydrogen-bond donors (Lipinski definition) is 1. The Bertz CT molecular complexity index is 998. The second kappa shape index (κ2) is 8.17. The van der Waals surface area contributed by atoms with Crippen LogP contribution in [0.5, 0.6) is 5.75 Å². The van der Waals surface area contributed by atoms with Crippen LogP contribution in [0.2, 0.25) is 0 Å². The number of aromatic nitrogens is 2. The van der Waals surface area contributed by atoms with Crippen LogP contribution < -0.4 is 10.1 Å². The Balaban J connectivity index is 1.43. The number of carbonyl (C=O) groups is 2. The van der Waals surface area contributed by atoms with Crippen LogP contribution >= 0.6 is 0 Å². The molecular weight excluding hydrogens is 376 g/mol. The van der Waals surface area contributed by atoms with Crippen LogP contribution in [0.4, 0.5) is 5.69 Å². The van der Waals surface area contributed by atoms with Gasteiger partial charge in [-0.1, -0.05) is 19.1 Å². The van der Waals surface area contributed by atoms with E-state index in [2.05, 4.69) is 15.5 Å². The molecule has 0 saturated carbocycles. The molecule has 150 valence electrons. The molecule has 0 fully saturated rings. The molecule has 1 atom stereocenters. The number of fused-ring (bicyclic) bond motifs is 1. The zero-order chi connectivity index (χ0) is 20.2. The zero-order valence-electron chi connectivity index (χ0n) is 15.8. The van der Waals surface area contributed by atoms with Gasteiger partial charge in [0.15, 0.2) is 11.9 Å². The lowest BCUT2D eigenvalue weighted by Crippen LogP contribution is -2.42. The number of para-hydroxylation sites is 2. The molecule has 1 aliphatic rings. The Morgan fingerprint density at radius 1 is 1.21 bits per heavy atom. The summed E-state index contributed by atoms with van der Waals surface area (Å²) in [5, 5.41) is 10.7. The first-order valence-corrected chi connectivity index (χ1v) is 9.34. The molecule has 4 rings (SSSR count). The van der Waals surface area contributed by atoms with E-state index in [0.717, 1.165) is 6.42 Å². The first kappa shape index (κ1) is 18.7. The minimum atomic E-state index is -0.891. The normalized spacial score (nSPS) is 15.3. The van der Waals surface area contributed by atoms with E-state index in [1.54, 1.807) is 35.2 Å². The van der Waals surface area contributed by atoms with E-state index in [-0.39, 0.29) is 36.6 Å². The van der Waals surface area contributed by atoms with Crippen LogP contribution in [0, 0.1) is 0 Å². The number of rotatable bonds is 7. The molecule has 2 aromatic heterocycles. The molecule has 1 aromatic carbocycles. The minimum Gasteiger partial charge on any atom is -0.478 e. The monoisotopic (exact) mass is 396 g/mol. The van der Waals surface area contributed by atoms with Gasteiger partial charge in [0.1, 0.15) is 5.75 Å². The van der Waals surface area contributed by atoms with Gasteiger partial charge < -0.3 is 23.8 Å². The van der Waals surface area contributed by atoms with Crippen LogP contribution in [-0.2, 0) is 16.1 Å². The van der Waals surface area contributed by atoms with Crippen LogP contribution in [-0.4, -0.2) is 39.6 Å². The number of amides is 2. The lowest BCUT2D eigenvalue weighted by atomic mass is 10.1. The number of nitrogens with zero attached hydrogens (tertiary/aromatic N) is 3. The third kappa shape index (κ3) is 4.13. The van der Waals surface area contributed by atoms with Gasteiger partial charge in [-0.05, 0) is 30.7 Å². The van der Waals surface area contributed by atoms with Gasteiger partial charge >= 0.3 is 0 Å². The Kier molecular flexibility index (Phi) is 5.28. The third-order valence-corrected chi connectivity index (χ3v) is 4.44. The van der Waals surface area contributed by atoms with Crippen molar-refractivity contribution in [3.05, 3.63) is 48.6 Å². The fraction of sp³-hybridized carbons (Fsp3) is 0.300. The summed E-state index contributed by atoms with van der Waals surface area (Å²) in [6.45, 7) is 2.59. The molecule has 2 amide bonds. The summed E-state index contributed by atoms with van der Waals surface area (Å²) in [6.07, 6.45) is 1.28. The van der Waals surface area contributed by atoms with Crippen molar-refractivity contribution in [3.63, 3.8) is 0 Å². The quantitative estimate of drug-likeness (QED) is 0.654. The maximum Gasteiger partial charge on any atom is 0.283 e. The number of ether oxygens (including phenoxy) is 1. The van der Waals surface area contributed by atoms with Gasteiger partial charge in [0.2, 0.25) is 11.8 Å². The fourth-order valence-corrected chi connectivity index (χ4v) is 3.06. The summed E-state index contributed by atoms with van der Waals surface area (Å²) in [7, 11) is 0. The first-order valence-electron chi connectivity index (χ1n) is 9.34.